The van der Waals surface area contributed by atoms with E-state index in [9.17, 15) is 14.9 Å². The van der Waals surface area contributed by atoms with E-state index in [2.05, 4.69) is 19.9 Å². The summed E-state index contributed by atoms with van der Waals surface area (Å²) < 4.78 is 12.6. The number of hydrogen-bond acceptors (Lipinski definition) is 5. The number of ketones is 1. The third kappa shape index (κ3) is 1.66. The number of esters is 1. The van der Waals surface area contributed by atoms with Crippen molar-refractivity contribution in [1.82, 2.24) is 0 Å². The van der Waals surface area contributed by atoms with Crippen LogP contribution in [0.2, 0.25) is 0 Å². The van der Waals surface area contributed by atoms with Crippen LogP contribution in [0, 0.1) is 39.9 Å². The molecule has 2 aliphatic heterocycles. The SMILES string of the molecule is C[C@]12CCC(=O)C=C1C[C@@H](C#N)C1C3CC[C@@]4(CCC(=O)O4)[C@@]3(C)C[C@H]3O[C@@]132. The van der Waals surface area contributed by atoms with Gasteiger partial charge in [-0.2, -0.15) is 5.26 Å². The van der Waals surface area contributed by atoms with Gasteiger partial charge in [0.15, 0.2) is 5.78 Å². The molecule has 2 spiro atoms. The van der Waals surface area contributed by atoms with E-state index >= 15 is 0 Å². The number of hydrogen-bond donors (Lipinski definition) is 0. The lowest BCUT2D eigenvalue weighted by Crippen LogP contribution is -2.62. The van der Waals surface area contributed by atoms with Gasteiger partial charge in [0.1, 0.15) is 11.2 Å². The summed E-state index contributed by atoms with van der Waals surface area (Å²) in [6.07, 6.45) is 8.13. The van der Waals surface area contributed by atoms with Crippen LogP contribution >= 0.6 is 0 Å². The Bertz CT molecular complexity index is 888. The Morgan fingerprint density at radius 2 is 2.00 bits per heavy atom. The monoisotopic (exact) mass is 381 g/mol. The summed E-state index contributed by atoms with van der Waals surface area (Å²) in [5, 5.41) is 10.1. The number of nitriles is 1. The summed E-state index contributed by atoms with van der Waals surface area (Å²) in [6, 6.07) is 2.60. The van der Waals surface area contributed by atoms with Crippen molar-refractivity contribution in [2.75, 3.05) is 0 Å². The van der Waals surface area contributed by atoms with Crippen LogP contribution in [0.15, 0.2) is 11.6 Å². The Morgan fingerprint density at radius 1 is 1.18 bits per heavy atom. The second kappa shape index (κ2) is 4.90. The van der Waals surface area contributed by atoms with E-state index in [1.807, 2.05) is 6.08 Å². The molecular weight excluding hydrogens is 354 g/mol. The van der Waals surface area contributed by atoms with Crippen LogP contribution in [0.25, 0.3) is 0 Å². The highest BCUT2D eigenvalue weighted by Crippen LogP contribution is 2.78. The predicted octanol–water partition coefficient (Wildman–Crippen LogP) is 3.48. The highest BCUT2D eigenvalue weighted by atomic mass is 16.6. The summed E-state index contributed by atoms with van der Waals surface area (Å²) in [5.41, 5.74) is 0.194. The molecule has 4 aliphatic carbocycles. The molecule has 2 heterocycles. The number of carbonyl (C=O) groups is 2. The average molecular weight is 381 g/mol. The van der Waals surface area contributed by atoms with Crippen LogP contribution in [0.4, 0.5) is 0 Å². The number of rotatable bonds is 0. The van der Waals surface area contributed by atoms with Crippen molar-refractivity contribution in [2.24, 2.45) is 28.6 Å². The van der Waals surface area contributed by atoms with Crippen molar-refractivity contribution < 1.29 is 19.1 Å². The topological polar surface area (TPSA) is 79.7 Å². The lowest BCUT2D eigenvalue weighted by Gasteiger charge is -2.58. The lowest BCUT2D eigenvalue weighted by molar-refractivity contribution is -0.165. The molecule has 0 amide bonds. The van der Waals surface area contributed by atoms with Crippen LogP contribution in [-0.2, 0) is 19.1 Å². The molecule has 0 N–H and O–H groups in total. The average Bonchev–Trinajstić information content (AvgIpc) is 3.14. The van der Waals surface area contributed by atoms with E-state index in [1.165, 1.54) is 0 Å². The van der Waals surface area contributed by atoms with Gasteiger partial charge >= 0.3 is 5.97 Å². The summed E-state index contributed by atoms with van der Waals surface area (Å²) in [4.78, 5) is 24.2. The van der Waals surface area contributed by atoms with Gasteiger partial charge in [0.25, 0.3) is 0 Å². The molecule has 28 heavy (non-hydrogen) atoms. The molecule has 0 aromatic heterocycles. The van der Waals surface area contributed by atoms with E-state index in [1.54, 1.807) is 0 Å². The van der Waals surface area contributed by atoms with Gasteiger partial charge in [0.05, 0.1) is 18.1 Å². The van der Waals surface area contributed by atoms with Gasteiger partial charge in [-0.3, -0.25) is 9.59 Å². The Hall–Kier alpha value is -1.67. The Balaban J connectivity index is 1.48. The van der Waals surface area contributed by atoms with Gasteiger partial charge < -0.3 is 9.47 Å². The van der Waals surface area contributed by atoms with Crippen molar-refractivity contribution in [1.29, 1.82) is 5.26 Å². The zero-order valence-corrected chi connectivity index (χ0v) is 16.6. The van der Waals surface area contributed by atoms with Crippen molar-refractivity contribution >= 4 is 11.8 Å². The number of carbonyl (C=O) groups excluding carboxylic acids is 2. The van der Waals surface area contributed by atoms with Crippen molar-refractivity contribution in [3.63, 3.8) is 0 Å². The first-order valence-corrected chi connectivity index (χ1v) is 10.8. The minimum absolute atomic E-state index is 0.0705. The second-order valence-electron chi connectivity index (χ2n) is 10.6. The maximum Gasteiger partial charge on any atom is 0.306 e. The van der Waals surface area contributed by atoms with Crippen molar-refractivity contribution in [2.45, 2.75) is 82.5 Å². The van der Waals surface area contributed by atoms with Crippen LogP contribution < -0.4 is 0 Å². The molecule has 0 radical (unpaired) electrons. The summed E-state index contributed by atoms with van der Waals surface area (Å²) in [5.74, 6) is 0.480. The highest BCUT2D eigenvalue weighted by Gasteiger charge is 2.83. The van der Waals surface area contributed by atoms with Crippen LogP contribution in [0.1, 0.15) is 65.2 Å². The molecule has 5 heteroatoms. The standard InChI is InChI=1S/C23H27NO4/c1-20-6-3-15(25)10-14(20)9-13(12-24)19-16-4-7-22(8-5-18(26)28-22)21(16,2)11-17-23(19,20)27-17/h10,13,16-17,19H,3-9,11H2,1-2H3/t13-,16?,17+,19?,20-,21-,22+,23+/m0/s1. The van der Waals surface area contributed by atoms with E-state index in [0.29, 0.717) is 25.2 Å². The first-order valence-electron chi connectivity index (χ1n) is 10.8. The molecule has 0 aromatic carbocycles. The maximum atomic E-state index is 12.1. The fourth-order valence-electron chi connectivity index (χ4n) is 8.43. The lowest BCUT2D eigenvalue weighted by atomic mass is 9.44. The molecule has 6 rings (SSSR count). The second-order valence-corrected chi connectivity index (χ2v) is 10.6. The van der Waals surface area contributed by atoms with Gasteiger partial charge in [0, 0.05) is 29.6 Å². The van der Waals surface area contributed by atoms with Gasteiger partial charge in [-0.1, -0.05) is 19.4 Å². The minimum atomic E-state index is -0.369. The zero-order valence-electron chi connectivity index (χ0n) is 16.6. The molecule has 2 saturated heterocycles. The molecule has 3 saturated carbocycles. The van der Waals surface area contributed by atoms with Gasteiger partial charge in [0.2, 0.25) is 0 Å². The number of ether oxygens (including phenoxy) is 2. The smallest absolute Gasteiger partial charge is 0.306 e. The molecule has 2 unspecified atom stereocenters. The number of nitrogens with zero attached hydrogens (tertiary/aromatic N) is 1. The minimum Gasteiger partial charge on any atom is -0.458 e. The molecule has 148 valence electrons. The molecule has 0 aromatic rings. The Morgan fingerprint density at radius 3 is 2.71 bits per heavy atom. The third-order valence-electron chi connectivity index (χ3n) is 9.87. The molecular formula is C23H27NO4. The van der Waals surface area contributed by atoms with E-state index in [0.717, 1.165) is 37.7 Å². The summed E-state index contributed by atoms with van der Waals surface area (Å²) >= 11 is 0. The molecule has 6 aliphatic rings. The summed E-state index contributed by atoms with van der Waals surface area (Å²) in [6.45, 7) is 4.57. The first-order chi connectivity index (χ1) is 13.3. The van der Waals surface area contributed by atoms with E-state index in [-0.39, 0.29) is 51.7 Å². The highest BCUT2D eigenvalue weighted by molar-refractivity contribution is 5.92. The fourth-order valence-corrected chi connectivity index (χ4v) is 8.43. The van der Waals surface area contributed by atoms with E-state index in [4.69, 9.17) is 9.47 Å². The fraction of sp³-hybridized carbons (Fsp3) is 0.783. The maximum absolute atomic E-state index is 12.1. The molecule has 5 nitrogen and oxygen atoms in total. The van der Waals surface area contributed by atoms with Crippen molar-refractivity contribution in [3.8, 4) is 6.07 Å². The molecule has 5 fully saturated rings. The third-order valence-corrected chi connectivity index (χ3v) is 9.87. The van der Waals surface area contributed by atoms with Crippen LogP contribution in [0.3, 0.4) is 0 Å². The zero-order chi connectivity index (χ0) is 19.5. The Kier molecular flexibility index (Phi) is 3.01. The predicted molar refractivity (Wildman–Crippen MR) is 98.8 cm³/mol. The van der Waals surface area contributed by atoms with E-state index < -0.39 is 0 Å². The quantitative estimate of drug-likeness (QED) is 0.474. The first kappa shape index (κ1) is 17.2. The summed E-state index contributed by atoms with van der Waals surface area (Å²) in [7, 11) is 0. The Labute approximate surface area is 165 Å². The normalized spacial score (nSPS) is 56.1. The van der Waals surface area contributed by atoms with Gasteiger partial charge in [-0.25, -0.2) is 0 Å². The van der Waals surface area contributed by atoms with Gasteiger partial charge in [-0.05, 0) is 50.5 Å². The van der Waals surface area contributed by atoms with Gasteiger partial charge in [-0.15, -0.1) is 0 Å². The van der Waals surface area contributed by atoms with Crippen LogP contribution in [0.5, 0.6) is 0 Å². The molecule has 8 atom stereocenters. The largest absolute Gasteiger partial charge is 0.458 e. The number of fused-ring (bicyclic) bond motifs is 4. The number of epoxide rings is 1. The van der Waals surface area contributed by atoms with Crippen LogP contribution in [-0.4, -0.2) is 29.1 Å². The van der Waals surface area contributed by atoms with Crippen molar-refractivity contribution in [3.05, 3.63) is 11.6 Å². The molecule has 0 bridgehead atoms.